The van der Waals surface area contributed by atoms with Gasteiger partial charge in [-0.3, -0.25) is 0 Å². The van der Waals surface area contributed by atoms with E-state index in [1.54, 1.807) is 18.7 Å². The predicted molar refractivity (Wildman–Crippen MR) is 73.1 cm³/mol. The molecule has 0 spiro atoms. The summed E-state index contributed by atoms with van der Waals surface area (Å²) < 4.78 is 0. The molecule has 2 unspecified atom stereocenters. The average Bonchev–Trinajstić information content (AvgIpc) is 2.49. The van der Waals surface area contributed by atoms with E-state index in [9.17, 15) is 14.7 Å². The van der Waals surface area contributed by atoms with Gasteiger partial charge in [-0.15, -0.1) is 0 Å². The summed E-state index contributed by atoms with van der Waals surface area (Å²) in [6.07, 6.45) is 1.26. The lowest BCUT2D eigenvalue weighted by Gasteiger charge is -2.32. The largest absolute Gasteiger partial charge is 0.480 e. The van der Waals surface area contributed by atoms with Gasteiger partial charge in [-0.1, -0.05) is 6.92 Å². The van der Waals surface area contributed by atoms with E-state index in [1.807, 2.05) is 14.0 Å². The first-order chi connectivity index (χ1) is 8.80. The molecular formula is C13H25N3O3. The van der Waals surface area contributed by atoms with Crippen LogP contribution < -0.4 is 5.32 Å². The minimum Gasteiger partial charge on any atom is -0.480 e. The molecule has 19 heavy (non-hydrogen) atoms. The summed E-state index contributed by atoms with van der Waals surface area (Å²) in [7, 11) is 2.03. The molecule has 0 bridgehead atoms. The Morgan fingerprint density at radius 1 is 1.42 bits per heavy atom. The van der Waals surface area contributed by atoms with E-state index < -0.39 is 11.5 Å². The first-order valence-corrected chi connectivity index (χ1v) is 6.81. The Bertz CT molecular complexity index is 348. The summed E-state index contributed by atoms with van der Waals surface area (Å²) in [4.78, 5) is 27.4. The van der Waals surface area contributed by atoms with Gasteiger partial charge in [-0.25, -0.2) is 9.59 Å². The molecule has 0 aromatic carbocycles. The van der Waals surface area contributed by atoms with Gasteiger partial charge < -0.3 is 20.2 Å². The van der Waals surface area contributed by atoms with Gasteiger partial charge >= 0.3 is 12.0 Å². The summed E-state index contributed by atoms with van der Waals surface area (Å²) in [5, 5.41) is 11.9. The van der Waals surface area contributed by atoms with E-state index in [1.165, 1.54) is 0 Å². The quantitative estimate of drug-likeness (QED) is 0.802. The summed E-state index contributed by atoms with van der Waals surface area (Å²) in [6, 6.07) is -0.197. The van der Waals surface area contributed by atoms with Crippen LogP contribution in [0.3, 0.4) is 0 Å². The Kier molecular flexibility index (Phi) is 5.17. The predicted octanol–water partition coefficient (Wildman–Crippen LogP) is 0.975. The molecule has 1 aliphatic heterocycles. The Balaban J connectivity index is 2.73. The van der Waals surface area contributed by atoms with Gasteiger partial charge in [-0.2, -0.15) is 0 Å². The molecule has 1 heterocycles. The number of urea groups is 1. The number of carboxylic acid groups (broad SMARTS) is 1. The second-order valence-electron chi connectivity index (χ2n) is 5.58. The molecule has 1 saturated heterocycles. The fourth-order valence-electron chi connectivity index (χ4n) is 2.27. The average molecular weight is 271 g/mol. The van der Waals surface area contributed by atoms with Crippen molar-refractivity contribution in [3.63, 3.8) is 0 Å². The van der Waals surface area contributed by atoms with Crippen LogP contribution in [0.25, 0.3) is 0 Å². The number of carbonyl (C=O) groups is 2. The molecule has 2 atom stereocenters. The normalized spacial score (nSPS) is 24.4. The molecule has 1 aliphatic rings. The second-order valence-corrected chi connectivity index (χ2v) is 5.58. The summed E-state index contributed by atoms with van der Waals surface area (Å²) >= 11 is 0. The number of hydrogen-bond acceptors (Lipinski definition) is 3. The van der Waals surface area contributed by atoms with Gasteiger partial charge in [0.05, 0.1) is 0 Å². The molecule has 2 amide bonds. The SMILES string of the molecule is CCC(C)(NC(=O)N1CCCN(C)CC1C)C(=O)O. The summed E-state index contributed by atoms with van der Waals surface area (Å²) in [5.74, 6) is -0.997. The lowest BCUT2D eigenvalue weighted by Crippen LogP contribution is -2.57. The van der Waals surface area contributed by atoms with E-state index in [-0.39, 0.29) is 12.1 Å². The molecule has 110 valence electrons. The molecule has 1 rings (SSSR count). The molecular weight excluding hydrogens is 246 g/mol. The fraction of sp³-hybridized carbons (Fsp3) is 0.846. The van der Waals surface area contributed by atoms with E-state index >= 15 is 0 Å². The van der Waals surface area contributed by atoms with Crippen molar-refractivity contribution < 1.29 is 14.7 Å². The third kappa shape index (κ3) is 3.83. The van der Waals surface area contributed by atoms with Gasteiger partial charge in [0.25, 0.3) is 0 Å². The Morgan fingerprint density at radius 3 is 2.58 bits per heavy atom. The molecule has 6 nitrogen and oxygen atoms in total. The Labute approximate surface area is 114 Å². The Hall–Kier alpha value is -1.30. The highest BCUT2D eigenvalue weighted by Gasteiger charge is 2.35. The number of carboxylic acids is 1. The molecule has 1 fully saturated rings. The monoisotopic (exact) mass is 271 g/mol. The first-order valence-electron chi connectivity index (χ1n) is 6.81. The van der Waals surface area contributed by atoms with Crippen molar-refractivity contribution in [1.29, 1.82) is 0 Å². The van der Waals surface area contributed by atoms with Gasteiger partial charge in [0.15, 0.2) is 0 Å². The van der Waals surface area contributed by atoms with Crippen molar-refractivity contribution in [2.45, 2.75) is 45.2 Å². The van der Waals surface area contributed by atoms with Crippen molar-refractivity contribution >= 4 is 12.0 Å². The third-order valence-corrected chi connectivity index (χ3v) is 3.87. The summed E-state index contributed by atoms with van der Waals surface area (Å²) in [5.41, 5.74) is -1.20. The van der Waals surface area contributed by atoms with Gasteiger partial charge in [0.2, 0.25) is 0 Å². The van der Waals surface area contributed by atoms with Crippen LogP contribution in [-0.2, 0) is 4.79 Å². The van der Waals surface area contributed by atoms with Crippen LogP contribution in [0, 0.1) is 0 Å². The third-order valence-electron chi connectivity index (χ3n) is 3.87. The number of likely N-dealkylation sites (N-methyl/N-ethyl adjacent to an activating group) is 1. The Morgan fingerprint density at radius 2 is 2.05 bits per heavy atom. The molecule has 0 aliphatic carbocycles. The standard InChI is InChI=1S/C13H25N3O3/c1-5-13(3,11(17)18)14-12(19)16-8-6-7-15(4)9-10(16)2/h10H,5-9H2,1-4H3,(H,14,19)(H,17,18). The maximum atomic E-state index is 12.3. The van der Waals surface area contributed by atoms with Gasteiger partial charge in [0, 0.05) is 19.1 Å². The molecule has 0 saturated carbocycles. The number of nitrogens with zero attached hydrogens (tertiary/aromatic N) is 2. The number of hydrogen-bond donors (Lipinski definition) is 2. The molecule has 0 radical (unpaired) electrons. The highest BCUT2D eigenvalue weighted by Crippen LogP contribution is 2.13. The molecule has 0 aromatic heterocycles. The van der Waals surface area contributed by atoms with Crippen LogP contribution >= 0.6 is 0 Å². The minimum atomic E-state index is -1.20. The number of aliphatic carboxylic acids is 1. The fourth-order valence-corrected chi connectivity index (χ4v) is 2.27. The van der Waals surface area contributed by atoms with Crippen LogP contribution in [0.1, 0.15) is 33.6 Å². The zero-order valence-corrected chi connectivity index (χ0v) is 12.3. The van der Waals surface area contributed by atoms with Gasteiger partial charge in [0.1, 0.15) is 5.54 Å². The topological polar surface area (TPSA) is 72.9 Å². The van der Waals surface area contributed by atoms with Crippen LogP contribution in [0.4, 0.5) is 4.79 Å². The highest BCUT2D eigenvalue weighted by atomic mass is 16.4. The van der Waals surface area contributed by atoms with E-state index in [4.69, 9.17) is 0 Å². The lowest BCUT2D eigenvalue weighted by molar-refractivity contribution is -0.143. The molecule has 6 heteroatoms. The zero-order chi connectivity index (χ0) is 14.6. The van der Waals surface area contributed by atoms with Crippen LogP contribution in [0.2, 0.25) is 0 Å². The van der Waals surface area contributed by atoms with Gasteiger partial charge in [-0.05, 0) is 40.3 Å². The number of carbonyl (C=O) groups excluding carboxylic acids is 1. The van der Waals surface area contributed by atoms with Crippen molar-refractivity contribution in [3.8, 4) is 0 Å². The van der Waals surface area contributed by atoms with Crippen molar-refractivity contribution in [2.24, 2.45) is 0 Å². The smallest absolute Gasteiger partial charge is 0.329 e. The first kappa shape index (κ1) is 15.8. The molecule has 0 aromatic rings. The number of rotatable bonds is 3. The highest BCUT2D eigenvalue weighted by molar-refractivity contribution is 5.86. The van der Waals surface area contributed by atoms with E-state index in [0.29, 0.717) is 13.0 Å². The van der Waals surface area contributed by atoms with Crippen molar-refractivity contribution in [3.05, 3.63) is 0 Å². The summed E-state index contributed by atoms with van der Waals surface area (Å²) in [6.45, 7) is 7.72. The van der Waals surface area contributed by atoms with Crippen molar-refractivity contribution in [1.82, 2.24) is 15.1 Å². The maximum absolute atomic E-state index is 12.3. The second kappa shape index (κ2) is 6.23. The minimum absolute atomic E-state index is 0.0856. The maximum Gasteiger partial charge on any atom is 0.329 e. The number of amides is 2. The zero-order valence-electron chi connectivity index (χ0n) is 12.3. The van der Waals surface area contributed by atoms with Crippen LogP contribution in [0.15, 0.2) is 0 Å². The number of nitrogens with one attached hydrogen (secondary N) is 1. The molecule has 2 N–H and O–H groups in total. The lowest BCUT2D eigenvalue weighted by atomic mass is 9.99. The van der Waals surface area contributed by atoms with E-state index in [0.717, 1.165) is 19.5 Å². The van der Waals surface area contributed by atoms with Crippen molar-refractivity contribution in [2.75, 3.05) is 26.7 Å². The van der Waals surface area contributed by atoms with Crippen LogP contribution in [-0.4, -0.2) is 65.2 Å². The van der Waals surface area contributed by atoms with Crippen LogP contribution in [0.5, 0.6) is 0 Å². The van der Waals surface area contributed by atoms with E-state index in [2.05, 4.69) is 10.2 Å².